The van der Waals surface area contributed by atoms with Gasteiger partial charge in [-0.2, -0.15) is 0 Å². The summed E-state index contributed by atoms with van der Waals surface area (Å²) < 4.78 is 19.1. The molecular weight excluding hydrogens is 805 g/mol. The highest BCUT2D eigenvalue weighted by Crippen LogP contribution is 2.47. The number of anilines is 1. The smallest absolute Gasteiger partial charge is 0.262 e. The molecule has 328 valence electrons. The van der Waals surface area contributed by atoms with Gasteiger partial charge in [-0.15, -0.1) is 0 Å². The normalized spacial score (nSPS) is 22.0. The summed E-state index contributed by atoms with van der Waals surface area (Å²) in [6.45, 7) is 6.05. The highest BCUT2D eigenvalue weighted by atomic mass is 16.5. The zero-order valence-electron chi connectivity index (χ0n) is 36.1. The van der Waals surface area contributed by atoms with Crippen LogP contribution in [0.15, 0.2) is 121 Å². The summed E-state index contributed by atoms with van der Waals surface area (Å²) in [5, 5.41) is 2.26. The quantitative estimate of drug-likeness (QED) is 0.0997. The van der Waals surface area contributed by atoms with Gasteiger partial charge in [0.05, 0.1) is 29.9 Å². The molecule has 3 atom stereocenters. The van der Waals surface area contributed by atoms with Gasteiger partial charge in [-0.05, 0) is 115 Å². The molecule has 3 saturated heterocycles. The van der Waals surface area contributed by atoms with Crippen molar-refractivity contribution < 1.29 is 33.4 Å². The number of piperidine rings is 2. The lowest BCUT2D eigenvalue weighted by molar-refractivity contribution is -0.136. The molecule has 0 radical (unpaired) electrons. The van der Waals surface area contributed by atoms with E-state index in [-0.39, 0.29) is 30.3 Å². The molecule has 4 amide bonds. The molecule has 3 fully saturated rings. The fourth-order valence-corrected chi connectivity index (χ4v) is 10.6. The maximum absolute atomic E-state index is 13.4. The second-order valence-electron chi connectivity index (χ2n) is 17.9. The van der Waals surface area contributed by atoms with Crippen LogP contribution in [0.3, 0.4) is 0 Å². The zero-order valence-corrected chi connectivity index (χ0v) is 36.1. The van der Waals surface area contributed by atoms with E-state index in [4.69, 9.17) is 14.2 Å². The summed E-state index contributed by atoms with van der Waals surface area (Å²) in [6, 6.07) is 41.0. The lowest BCUT2D eigenvalue weighted by atomic mass is 9.69. The van der Waals surface area contributed by atoms with Crippen LogP contribution in [-0.2, 0) is 27.4 Å². The Morgan fingerprint density at radius 3 is 2.23 bits per heavy atom. The number of nitrogens with zero attached hydrogens (tertiary/aromatic N) is 3. The van der Waals surface area contributed by atoms with Crippen LogP contribution < -0.4 is 19.7 Å². The lowest BCUT2D eigenvalue weighted by Gasteiger charge is -2.48. The summed E-state index contributed by atoms with van der Waals surface area (Å²) in [7, 11) is 0. The molecule has 5 aromatic carbocycles. The molecule has 1 aliphatic carbocycles. The first-order valence-corrected chi connectivity index (χ1v) is 22.8. The number of aryl methyl sites for hydroxylation is 1. The Morgan fingerprint density at radius 2 is 1.45 bits per heavy atom. The number of morpholine rings is 1. The summed E-state index contributed by atoms with van der Waals surface area (Å²) in [6.07, 6.45) is 4.90. The number of carbonyl (C=O) groups excluding carboxylic acids is 4. The van der Waals surface area contributed by atoms with E-state index in [9.17, 15) is 19.2 Å². The third-order valence-electron chi connectivity index (χ3n) is 14.0. The Bertz CT molecular complexity index is 2520. The minimum absolute atomic E-state index is 0.0920. The molecule has 3 unspecified atom stereocenters. The molecule has 10 rings (SSSR count). The predicted octanol–water partition coefficient (Wildman–Crippen LogP) is 7.67. The molecule has 0 bridgehead atoms. The van der Waals surface area contributed by atoms with Crippen LogP contribution in [-0.4, -0.2) is 91.0 Å². The highest BCUT2D eigenvalue weighted by molar-refractivity contribution is 6.23. The number of hydrogen-bond donors (Lipinski definition) is 1. The molecule has 0 saturated carbocycles. The summed E-state index contributed by atoms with van der Waals surface area (Å²) >= 11 is 0. The second-order valence-corrected chi connectivity index (χ2v) is 17.9. The number of fused-ring (bicyclic) bond motifs is 2. The molecule has 4 aliphatic heterocycles. The Labute approximate surface area is 374 Å². The van der Waals surface area contributed by atoms with Crippen LogP contribution in [0.4, 0.5) is 5.69 Å². The molecule has 11 nitrogen and oxygen atoms in total. The third-order valence-corrected chi connectivity index (χ3v) is 14.0. The van der Waals surface area contributed by atoms with Crippen LogP contribution in [0.2, 0.25) is 0 Å². The molecule has 4 heterocycles. The van der Waals surface area contributed by atoms with Crippen molar-refractivity contribution in [2.45, 2.75) is 75.0 Å². The Morgan fingerprint density at radius 1 is 0.703 bits per heavy atom. The minimum atomic E-state index is -0.978. The standard InChI is InChI=1S/C53H54N4O7/c58-48-23-22-47(50(59)54-48)57-51(60)45-20-15-40(33-46(45)52(57)61)56-27-24-53(25-28-56)35-55(29-31-64-53)26-7-30-62-41-16-12-38(13-17-41)49-43(37-10-5-2-6-11-37)19-14-39-32-42(18-21-44(39)49)63-34-36-8-3-1-4-9-36/h1-6,8-13,15-18,20-21,32-33,43,47,49H,7,14,19,22-31,34-35H2,(H,54,58,59). The zero-order chi connectivity index (χ0) is 43.6. The Balaban J connectivity index is 0.725. The number of imide groups is 2. The molecule has 5 aromatic rings. The van der Waals surface area contributed by atoms with Gasteiger partial charge in [0.1, 0.15) is 24.1 Å². The first-order chi connectivity index (χ1) is 31.3. The van der Waals surface area contributed by atoms with Gasteiger partial charge < -0.3 is 19.1 Å². The van der Waals surface area contributed by atoms with Crippen LogP contribution >= 0.6 is 0 Å². The van der Waals surface area contributed by atoms with E-state index in [0.29, 0.717) is 36.9 Å². The largest absolute Gasteiger partial charge is 0.494 e. The number of hydrogen-bond acceptors (Lipinski definition) is 9. The average molecular weight is 859 g/mol. The van der Waals surface area contributed by atoms with E-state index in [1.165, 1.54) is 22.3 Å². The van der Waals surface area contributed by atoms with E-state index in [1.807, 2.05) is 24.3 Å². The second kappa shape index (κ2) is 18.1. The molecule has 1 N–H and O–H groups in total. The van der Waals surface area contributed by atoms with Crippen molar-refractivity contribution >= 4 is 29.3 Å². The summed E-state index contributed by atoms with van der Waals surface area (Å²) in [5.41, 5.74) is 7.78. The van der Waals surface area contributed by atoms with Gasteiger partial charge in [0.25, 0.3) is 11.8 Å². The third kappa shape index (κ3) is 8.54. The molecule has 5 aliphatic rings. The molecule has 1 spiro atoms. The SMILES string of the molecule is O=C1CCC(N2C(=O)c3ccc(N4CCC5(CC4)CN(CCCOc4ccc(C6c7ccc(OCc8ccccc8)cc7CCC6c6ccccc6)cc4)CCO5)cc3C2=O)C(=O)N1. The Hall–Kier alpha value is -6.30. The number of amides is 4. The molecular formula is C53H54N4O7. The summed E-state index contributed by atoms with van der Waals surface area (Å²) in [5.74, 6) is 0.425. The molecule has 64 heavy (non-hydrogen) atoms. The highest BCUT2D eigenvalue weighted by Gasteiger charge is 2.45. The van der Waals surface area contributed by atoms with Gasteiger partial charge in [-0.3, -0.25) is 34.3 Å². The van der Waals surface area contributed by atoms with Crippen molar-refractivity contribution in [2.75, 3.05) is 50.8 Å². The fraction of sp³-hybridized carbons (Fsp3) is 0.358. The summed E-state index contributed by atoms with van der Waals surface area (Å²) in [4.78, 5) is 56.6. The molecule has 0 aromatic heterocycles. The van der Waals surface area contributed by atoms with Gasteiger partial charge in [0.2, 0.25) is 11.8 Å². The van der Waals surface area contributed by atoms with E-state index < -0.39 is 23.8 Å². The van der Waals surface area contributed by atoms with Gasteiger partial charge in [-0.25, -0.2) is 0 Å². The minimum Gasteiger partial charge on any atom is -0.494 e. The maximum atomic E-state index is 13.4. The first kappa shape index (κ1) is 41.7. The average Bonchev–Trinajstić information content (AvgIpc) is 3.58. The van der Waals surface area contributed by atoms with Crippen LogP contribution in [0.1, 0.15) is 98.9 Å². The van der Waals surface area contributed by atoms with Crippen molar-refractivity contribution in [1.29, 1.82) is 0 Å². The number of benzene rings is 5. The number of ether oxygens (including phenoxy) is 3. The fourth-order valence-electron chi connectivity index (χ4n) is 10.6. The van der Waals surface area contributed by atoms with Crippen molar-refractivity contribution in [1.82, 2.24) is 15.1 Å². The van der Waals surface area contributed by atoms with E-state index in [1.54, 1.807) is 12.1 Å². The van der Waals surface area contributed by atoms with E-state index in [0.717, 1.165) is 92.5 Å². The van der Waals surface area contributed by atoms with Crippen molar-refractivity contribution in [3.8, 4) is 11.5 Å². The lowest BCUT2D eigenvalue weighted by Crippen LogP contribution is -2.57. The topological polar surface area (TPSA) is 118 Å². The Kier molecular flexibility index (Phi) is 11.8. The number of nitrogens with one attached hydrogen (secondary N) is 1. The number of carbonyl (C=O) groups is 4. The first-order valence-electron chi connectivity index (χ1n) is 22.8. The van der Waals surface area contributed by atoms with Crippen LogP contribution in [0, 0.1) is 0 Å². The maximum Gasteiger partial charge on any atom is 0.262 e. The van der Waals surface area contributed by atoms with Crippen molar-refractivity contribution in [3.05, 3.63) is 160 Å². The number of rotatable bonds is 12. The van der Waals surface area contributed by atoms with Gasteiger partial charge >= 0.3 is 0 Å². The van der Waals surface area contributed by atoms with Gasteiger partial charge in [0, 0.05) is 50.7 Å². The predicted molar refractivity (Wildman–Crippen MR) is 243 cm³/mol. The monoisotopic (exact) mass is 858 g/mol. The van der Waals surface area contributed by atoms with Crippen molar-refractivity contribution in [3.63, 3.8) is 0 Å². The van der Waals surface area contributed by atoms with Gasteiger partial charge in [0.15, 0.2) is 0 Å². The van der Waals surface area contributed by atoms with E-state index in [2.05, 4.69) is 100 Å². The van der Waals surface area contributed by atoms with Crippen LogP contribution in [0.5, 0.6) is 11.5 Å². The van der Waals surface area contributed by atoms with Crippen molar-refractivity contribution in [2.24, 2.45) is 0 Å². The van der Waals surface area contributed by atoms with Gasteiger partial charge in [-0.1, -0.05) is 78.9 Å². The van der Waals surface area contributed by atoms with E-state index >= 15 is 0 Å². The van der Waals surface area contributed by atoms with Crippen LogP contribution in [0.25, 0.3) is 0 Å². The molecule has 11 heteroatoms.